The number of nitrogens with zero attached hydrogens (tertiary/aromatic N) is 2. The fourth-order valence-electron chi connectivity index (χ4n) is 4.34. The lowest BCUT2D eigenvalue weighted by molar-refractivity contribution is 0.411. The Kier molecular flexibility index (Phi) is 4.43. The molecule has 0 aliphatic rings. The fraction of sp³-hybridized carbons (Fsp3) is 0.179. The van der Waals surface area contributed by atoms with Crippen LogP contribution in [0.4, 0.5) is 0 Å². The van der Waals surface area contributed by atoms with Crippen LogP contribution in [-0.4, -0.2) is 9.55 Å². The average molecular weight is 391 g/mol. The Morgan fingerprint density at radius 2 is 1.47 bits per heavy atom. The predicted molar refractivity (Wildman–Crippen MR) is 127 cm³/mol. The molecule has 2 heterocycles. The largest absolute Gasteiger partial charge is 0.309 e. The number of fused-ring (bicyclic) bond motifs is 3. The molecule has 0 spiro atoms. The topological polar surface area (TPSA) is 17.8 Å². The third-order valence-electron chi connectivity index (χ3n) is 5.54. The minimum atomic E-state index is 0.252. The van der Waals surface area contributed by atoms with Crippen LogP contribution in [0.25, 0.3) is 38.8 Å². The molecule has 2 aromatic heterocycles. The first-order valence-electron chi connectivity index (χ1n) is 10.5. The van der Waals surface area contributed by atoms with Gasteiger partial charge in [-0.3, -0.25) is 4.98 Å². The van der Waals surface area contributed by atoms with Crippen molar-refractivity contribution < 1.29 is 0 Å². The zero-order valence-electron chi connectivity index (χ0n) is 17.8. The highest BCUT2D eigenvalue weighted by atomic mass is 15.0. The van der Waals surface area contributed by atoms with Crippen molar-refractivity contribution in [2.75, 3.05) is 0 Å². The van der Waals surface area contributed by atoms with Gasteiger partial charge in [0.2, 0.25) is 0 Å². The summed E-state index contributed by atoms with van der Waals surface area (Å²) in [6.45, 7) is 6.83. The summed E-state index contributed by atoms with van der Waals surface area (Å²) in [5.74, 6) is 0. The molecule has 3 aromatic carbocycles. The molecule has 30 heavy (non-hydrogen) atoms. The molecular weight excluding hydrogens is 364 g/mol. The van der Waals surface area contributed by atoms with Gasteiger partial charge < -0.3 is 4.57 Å². The molecule has 0 amide bonds. The normalized spacial score (nSPS) is 12.0. The zero-order valence-corrected chi connectivity index (χ0v) is 17.8. The second-order valence-corrected chi connectivity index (χ2v) is 9.21. The molecular formula is C28H26N2. The van der Waals surface area contributed by atoms with Crippen LogP contribution in [-0.2, 0) is 6.42 Å². The van der Waals surface area contributed by atoms with Crippen molar-refractivity contribution in [3.8, 4) is 16.9 Å². The van der Waals surface area contributed by atoms with E-state index in [9.17, 15) is 0 Å². The number of rotatable bonds is 3. The number of benzene rings is 3. The maximum Gasteiger partial charge on any atom is 0.0705 e. The Bertz CT molecular complexity index is 1340. The van der Waals surface area contributed by atoms with Gasteiger partial charge in [0.15, 0.2) is 0 Å². The highest BCUT2D eigenvalue weighted by molar-refractivity contribution is 6.10. The maximum absolute atomic E-state index is 4.69. The van der Waals surface area contributed by atoms with E-state index < -0.39 is 0 Å². The summed E-state index contributed by atoms with van der Waals surface area (Å²) in [5.41, 5.74) is 7.38. The van der Waals surface area contributed by atoms with Gasteiger partial charge >= 0.3 is 0 Å². The van der Waals surface area contributed by atoms with Crippen molar-refractivity contribution in [1.29, 1.82) is 0 Å². The lowest BCUT2D eigenvalue weighted by Crippen LogP contribution is -2.09. The van der Waals surface area contributed by atoms with Gasteiger partial charge in [0.1, 0.15) is 0 Å². The number of aromatic nitrogens is 2. The molecule has 0 aliphatic carbocycles. The fourth-order valence-corrected chi connectivity index (χ4v) is 4.34. The van der Waals surface area contributed by atoms with Crippen molar-refractivity contribution in [2.45, 2.75) is 27.2 Å². The molecule has 0 fully saturated rings. The Hall–Kier alpha value is -3.39. The Balaban J connectivity index is 1.72. The van der Waals surface area contributed by atoms with Crippen LogP contribution in [0.5, 0.6) is 0 Å². The summed E-state index contributed by atoms with van der Waals surface area (Å²) in [6, 6.07) is 30.3. The van der Waals surface area contributed by atoms with E-state index in [1.54, 1.807) is 0 Å². The van der Waals surface area contributed by atoms with Gasteiger partial charge in [-0.2, -0.15) is 0 Å². The first-order chi connectivity index (χ1) is 14.5. The van der Waals surface area contributed by atoms with Crippen molar-refractivity contribution >= 4 is 21.8 Å². The van der Waals surface area contributed by atoms with Gasteiger partial charge in [0, 0.05) is 28.2 Å². The van der Waals surface area contributed by atoms with Crippen molar-refractivity contribution in [3.63, 3.8) is 0 Å². The molecule has 5 aromatic rings. The standard InChI is InChI=1S/C28H26N2/c1-28(2,3)19-20-15-16-29-25(17-20)21-13-14-24-23-11-7-8-12-26(23)30(27(24)18-21)22-9-5-4-6-10-22/h4-18H,19H2,1-3H3. The smallest absolute Gasteiger partial charge is 0.0705 e. The predicted octanol–water partition coefficient (Wildman–Crippen LogP) is 7.43. The Morgan fingerprint density at radius 1 is 0.733 bits per heavy atom. The SMILES string of the molecule is CC(C)(C)Cc1ccnc(-c2ccc3c4ccccc4n(-c4ccccc4)c3c2)c1. The highest BCUT2D eigenvalue weighted by Gasteiger charge is 2.15. The number of para-hydroxylation sites is 2. The summed E-state index contributed by atoms with van der Waals surface area (Å²) >= 11 is 0. The summed E-state index contributed by atoms with van der Waals surface area (Å²) < 4.78 is 2.35. The van der Waals surface area contributed by atoms with E-state index in [1.165, 1.54) is 33.1 Å². The molecule has 0 radical (unpaired) electrons. The van der Waals surface area contributed by atoms with Crippen LogP contribution >= 0.6 is 0 Å². The third kappa shape index (κ3) is 3.39. The van der Waals surface area contributed by atoms with E-state index in [0.29, 0.717) is 0 Å². The summed E-state index contributed by atoms with van der Waals surface area (Å²) in [4.78, 5) is 4.69. The molecule has 0 saturated heterocycles. The molecule has 148 valence electrons. The van der Waals surface area contributed by atoms with Crippen LogP contribution in [0.15, 0.2) is 91.1 Å². The summed E-state index contributed by atoms with van der Waals surface area (Å²) in [7, 11) is 0. The Labute approximate surface area is 177 Å². The first kappa shape index (κ1) is 18.6. The van der Waals surface area contributed by atoms with E-state index in [2.05, 4.69) is 110 Å². The monoisotopic (exact) mass is 390 g/mol. The molecule has 0 aliphatic heterocycles. The molecule has 2 heteroatoms. The zero-order chi connectivity index (χ0) is 20.7. The van der Waals surface area contributed by atoms with Crippen molar-refractivity contribution in [1.82, 2.24) is 9.55 Å². The van der Waals surface area contributed by atoms with Crippen LogP contribution in [0, 0.1) is 5.41 Å². The maximum atomic E-state index is 4.69. The van der Waals surface area contributed by atoms with E-state index in [0.717, 1.165) is 17.7 Å². The lowest BCUT2D eigenvalue weighted by Gasteiger charge is -2.18. The van der Waals surface area contributed by atoms with Gasteiger partial charge in [0.25, 0.3) is 0 Å². The Morgan fingerprint density at radius 3 is 2.27 bits per heavy atom. The minimum absolute atomic E-state index is 0.252. The number of hydrogen-bond donors (Lipinski definition) is 0. The summed E-state index contributed by atoms with van der Waals surface area (Å²) in [5, 5.41) is 2.54. The van der Waals surface area contributed by atoms with E-state index in [1.807, 2.05) is 6.20 Å². The molecule has 0 bridgehead atoms. The summed E-state index contributed by atoms with van der Waals surface area (Å²) in [6.07, 6.45) is 2.97. The highest BCUT2D eigenvalue weighted by Crippen LogP contribution is 2.34. The molecule has 5 rings (SSSR count). The molecule has 0 unspecified atom stereocenters. The second-order valence-electron chi connectivity index (χ2n) is 9.21. The van der Waals surface area contributed by atoms with Crippen LogP contribution in [0.2, 0.25) is 0 Å². The number of pyridine rings is 1. The quantitative estimate of drug-likeness (QED) is 0.313. The minimum Gasteiger partial charge on any atom is -0.309 e. The van der Waals surface area contributed by atoms with Gasteiger partial charge in [-0.1, -0.05) is 69.3 Å². The van der Waals surface area contributed by atoms with Crippen molar-refractivity contribution in [3.05, 3.63) is 96.7 Å². The second kappa shape index (κ2) is 7.14. The van der Waals surface area contributed by atoms with Crippen LogP contribution in [0.1, 0.15) is 26.3 Å². The molecule has 0 saturated carbocycles. The van der Waals surface area contributed by atoms with Crippen LogP contribution < -0.4 is 0 Å². The first-order valence-corrected chi connectivity index (χ1v) is 10.5. The molecule has 0 N–H and O–H groups in total. The van der Waals surface area contributed by atoms with Gasteiger partial charge in [-0.05, 0) is 53.8 Å². The van der Waals surface area contributed by atoms with Gasteiger partial charge in [0.05, 0.1) is 16.7 Å². The molecule has 0 atom stereocenters. The van der Waals surface area contributed by atoms with Gasteiger partial charge in [-0.25, -0.2) is 0 Å². The third-order valence-corrected chi connectivity index (χ3v) is 5.54. The van der Waals surface area contributed by atoms with E-state index in [-0.39, 0.29) is 5.41 Å². The van der Waals surface area contributed by atoms with Crippen molar-refractivity contribution in [2.24, 2.45) is 5.41 Å². The van der Waals surface area contributed by atoms with Crippen LogP contribution in [0.3, 0.4) is 0 Å². The van der Waals surface area contributed by atoms with E-state index >= 15 is 0 Å². The number of hydrogen-bond acceptors (Lipinski definition) is 1. The van der Waals surface area contributed by atoms with E-state index in [4.69, 9.17) is 4.98 Å². The average Bonchev–Trinajstić information content (AvgIpc) is 3.07. The van der Waals surface area contributed by atoms with Gasteiger partial charge in [-0.15, -0.1) is 0 Å². The lowest BCUT2D eigenvalue weighted by atomic mass is 9.88. The molecule has 2 nitrogen and oxygen atoms in total.